The number of hydrogen-bond donors (Lipinski definition) is 0. The molecule has 172 valence electrons. The van der Waals surface area contributed by atoms with E-state index in [4.69, 9.17) is 19.2 Å². The van der Waals surface area contributed by atoms with Crippen molar-refractivity contribution in [2.24, 2.45) is 0 Å². The van der Waals surface area contributed by atoms with Crippen LogP contribution in [0.4, 0.5) is 0 Å². The number of aryl methyl sites for hydroxylation is 2. The minimum Gasteiger partial charge on any atom is -0.497 e. The van der Waals surface area contributed by atoms with E-state index in [1.165, 1.54) is 11.1 Å². The van der Waals surface area contributed by atoms with Crippen LogP contribution in [0.5, 0.6) is 17.2 Å². The molecule has 33 heavy (non-hydrogen) atoms. The second-order valence-electron chi connectivity index (χ2n) is 8.53. The van der Waals surface area contributed by atoms with E-state index in [-0.39, 0.29) is 0 Å². The Morgan fingerprint density at radius 1 is 0.909 bits per heavy atom. The fourth-order valence-corrected chi connectivity index (χ4v) is 3.97. The molecule has 0 saturated heterocycles. The summed E-state index contributed by atoms with van der Waals surface area (Å²) in [7, 11) is 1.66. The molecule has 4 aromatic rings. The van der Waals surface area contributed by atoms with Crippen LogP contribution in [0.2, 0.25) is 0 Å². The largest absolute Gasteiger partial charge is 0.497 e. The summed E-state index contributed by atoms with van der Waals surface area (Å²) < 4.78 is 19.8. The molecule has 0 aliphatic rings. The number of benzene rings is 3. The van der Waals surface area contributed by atoms with Crippen LogP contribution >= 0.6 is 0 Å². The third-order valence-corrected chi connectivity index (χ3v) is 5.72. The van der Waals surface area contributed by atoms with Crippen molar-refractivity contribution in [3.05, 3.63) is 83.7 Å². The minimum atomic E-state index is 0.396. The predicted octanol–water partition coefficient (Wildman–Crippen LogP) is 6.52. The molecule has 0 aliphatic heterocycles. The van der Waals surface area contributed by atoms with E-state index >= 15 is 0 Å². The van der Waals surface area contributed by atoms with Gasteiger partial charge >= 0.3 is 0 Å². The number of methoxy groups -OCH3 is 1. The second kappa shape index (κ2) is 10.4. The standard InChI is InChI=1S/C28H32N2O3/c1-20(2)24-14-13-21(3)17-27(24)33-19-28-29-25-11-5-6-12-26(25)30(28)15-8-16-32-23-10-7-9-22(18-23)31-4/h5-7,9-14,17-18,20H,8,15-16,19H2,1-4H3. The zero-order valence-electron chi connectivity index (χ0n) is 19.9. The van der Waals surface area contributed by atoms with E-state index in [0.29, 0.717) is 19.1 Å². The Kier molecular flexibility index (Phi) is 7.18. The van der Waals surface area contributed by atoms with Gasteiger partial charge in [-0.3, -0.25) is 0 Å². The highest BCUT2D eigenvalue weighted by Crippen LogP contribution is 2.28. The second-order valence-corrected chi connectivity index (χ2v) is 8.53. The molecule has 4 rings (SSSR count). The van der Waals surface area contributed by atoms with Crippen molar-refractivity contribution >= 4 is 11.0 Å². The molecule has 1 aromatic heterocycles. The van der Waals surface area contributed by atoms with E-state index in [0.717, 1.165) is 47.1 Å². The van der Waals surface area contributed by atoms with Gasteiger partial charge in [0.2, 0.25) is 0 Å². The molecule has 0 atom stereocenters. The normalized spacial score (nSPS) is 11.2. The number of imidazole rings is 1. The Balaban J connectivity index is 1.47. The van der Waals surface area contributed by atoms with Crippen molar-refractivity contribution < 1.29 is 14.2 Å². The highest BCUT2D eigenvalue weighted by Gasteiger charge is 2.13. The number of nitrogens with zero attached hydrogens (tertiary/aromatic N) is 2. The van der Waals surface area contributed by atoms with Crippen LogP contribution in [0.15, 0.2) is 66.7 Å². The minimum absolute atomic E-state index is 0.396. The van der Waals surface area contributed by atoms with E-state index in [2.05, 4.69) is 55.7 Å². The monoisotopic (exact) mass is 444 g/mol. The maximum absolute atomic E-state index is 6.31. The summed E-state index contributed by atoms with van der Waals surface area (Å²) in [6.45, 7) is 8.30. The van der Waals surface area contributed by atoms with Gasteiger partial charge < -0.3 is 18.8 Å². The average molecular weight is 445 g/mol. The third-order valence-electron chi connectivity index (χ3n) is 5.72. The molecule has 0 bridgehead atoms. The summed E-state index contributed by atoms with van der Waals surface area (Å²) in [5.41, 5.74) is 4.51. The Hall–Kier alpha value is -3.47. The first-order valence-corrected chi connectivity index (χ1v) is 11.5. The predicted molar refractivity (Wildman–Crippen MR) is 132 cm³/mol. The molecular weight excluding hydrogens is 412 g/mol. The zero-order valence-corrected chi connectivity index (χ0v) is 19.9. The Morgan fingerprint density at radius 2 is 1.73 bits per heavy atom. The van der Waals surface area contributed by atoms with Crippen LogP contribution < -0.4 is 14.2 Å². The first kappa shape index (κ1) is 22.7. The van der Waals surface area contributed by atoms with Gasteiger partial charge in [0.1, 0.15) is 29.7 Å². The van der Waals surface area contributed by atoms with E-state index in [9.17, 15) is 0 Å². The van der Waals surface area contributed by atoms with Crippen LogP contribution in [-0.4, -0.2) is 23.3 Å². The Labute approximate surface area is 195 Å². The molecule has 3 aromatic carbocycles. The van der Waals surface area contributed by atoms with Gasteiger partial charge in [-0.15, -0.1) is 0 Å². The zero-order chi connectivity index (χ0) is 23.2. The molecule has 0 saturated carbocycles. The molecule has 1 heterocycles. The summed E-state index contributed by atoms with van der Waals surface area (Å²) >= 11 is 0. The SMILES string of the molecule is COc1cccc(OCCCn2c(COc3cc(C)ccc3C(C)C)nc3ccccc32)c1. The molecule has 0 aliphatic carbocycles. The van der Waals surface area contributed by atoms with Gasteiger partial charge in [0.05, 0.1) is 24.8 Å². The molecule has 5 heteroatoms. The topological polar surface area (TPSA) is 45.5 Å². The molecule has 0 N–H and O–H groups in total. The average Bonchev–Trinajstić information content (AvgIpc) is 3.18. The Morgan fingerprint density at radius 3 is 2.55 bits per heavy atom. The van der Waals surface area contributed by atoms with Crippen molar-refractivity contribution in [3.63, 3.8) is 0 Å². The van der Waals surface area contributed by atoms with Gasteiger partial charge in [0.15, 0.2) is 0 Å². The van der Waals surface area contributed by atoms with E-state index < -0.39 is 0 Å². The highest BCUT2D eigenvalue weighted by molar-refractivity contribution is 5.75. The summed E-state index contributed by atoms with van der Waals surface area (Å²) in [5, 5.41) is 0. The molecule has 0 fully saturated rings. The number of para-hydroxylation sites is 2. The number of rotatable bonds is 10. The van der Waals surface area contributed by atoms with Gasteiger partial charge in [-0.1, -0.05) is 44.2 Å². The van der Waals surface area contributed by atoms with Crippen molar-refractivity contribution in [2.45, 2.75) is 46.3 Å². The summed E-state index contributed by atoms with van der Waals surface area (Å²) in [6, 6.07) is 22.3. The van der Waals surface area contributed by atoms with E-state index in [1.807, 2.05) is 36.4 Å². The van der Waals surface area contributed by atoms with Crippen LogP contribution in [0.1, 0.15) is 43.1 Å². The molecule has 0 radical (unpaired) electrons. The quantitative estimate of drug-likeness (QED) is 0.261. The van der Waals surface area contributed by atoms with E-state index in [1.54, 1.807) is 7.11 Å². The van der Waals surface area contributed by atoms with Gasteiger partial charge in [-0.05, 0) is 60.7 Å². The maximum atomic E-state index is 6.31. The molecule has 0 amide bonds. The van der Waals surface area contributed by atoms with Gasteiger partial charge in [-0.2, -0.15) is 0 Å². The summed E-state index contributed by atoms with van der Waals surface area (Å²) in [6.07, 6.45) is 0.853. The van der Waals surface area contributed by atoms with Crippen LogP contribution in [0.25, 0.3) is 11.0 Å². The maximum Gasteiger partial charge on any atom is 0.148 e. The molecule has 0 unspecified atom stereocenters. The fraction of sp³-hybridized carbons (Fsp3) is 0.321. The first-order valence-electron chi connectivity index (χ1n) is 11.5. The van der Waals surface area contributed by atoms with Crippen molar-refractivity contribution in [3.8, 4) is 17.2 Å². The molecule has 0 spiro atoms. The lowest BCUT2D eigenvalue weighted by atomic mass is 10.0. The van der Waals surface area contributed by atoms with Gasteiger partial charge in [0.25, 0.3) is 0 Å². The van der Waals surface area contributed by atoms with Crippen molar-refractivity contribution in [1.29, 1.82) is 0 Å². The fourth-order valence-electron chi connectivity index (χ4n) is 3.97. The number of ether oxygens (including phenoxy) is 3. The number of hydrogen-bond acceptors (Lipinski definition) is 4. The summed E-state index contributed by atoms with van der Waals surface area (Å²) in [4.78, 5) is 4.86. The smallest absolute Gasteiger partial charge is 0.148 e. The van der Waals surface area contributed by atoms with Gasteiger partial charge in [0, 0.05) is 12.6 Å². The lowest BCUT2D eigenvalue weighted by molar-refractivity contribution is 0.277. The Bertz CT molecular complexity index is 1210. The van der Waals surface area contributed by atoms with Crippen LogP contribution in [-0.2, 0) is 13.2 Å². The molecular formula is C28H32N2O3. The lowest BCUT2D eigenvalue weighted by Gasteiger charge is -2.16. The van der Waals surface area contributed by atoms with Crippen molar-refractivity contribution in [2.75, 3.05) is 13.7 Å². The summed E-state index contributed by atoms with van der Waals surface area (Å²) in [5.74, 6) is 3.87. The first-order chi connectivity index (χ1) is 16.0. The number of fused-ring (bicyclic) bond motifs is 1. The van der Waals surface area contributed by atoms with Crippen LogP contribution in [0, 0.1) is 6.92 Å². The van der Waals surface area contributed by atoms with Crippen molar-refractivity contribution in [1.82, 2.24) is 9.55 Å². The van der Waals surface area contributed by atoms with Gasteiger partial charge in [-0.25, -0.2) is 4.98 Å². The third kappa shape index (κ3) is 5.48. The molecule has 5 nitrogen and oxygen atoms in total. The lowest BCUT2D eigenvalue weighted by Crippen LogP contribution is -2.11. The van der Waals surface area contributed by atoms with Crippen LogP contribution in [0.3, 0.4) is 0 Å². The number of aromatic nitrogens is 2. The highest BCUT2D eigenvalue weighted by atomic mass is 16.5.